The van der Waals surface area contributed by atoms with Gasteiger partial charge in [-0.05, 0) is 57.6 Å². The van der Waals surface area contributed by atoms with E-state index in [1.807, 2.05) is 0 Å². The van der Waals surface area contributed by atoms with E-state index >= 15 is 0 Å². The van der Waals surface area contributed by atoms with E-state index in [-0.39, 0.29) is 12.3 Å². The molecule has 1 aliphatic rings. The van der Waals surface area contributed by atoms with Crippen LogP contribution in [0.2, 0.25) is 0 Å². The molecular formula is C19H24F3NO4. The molecule has 2 N–H and O–H groups in total. The zero-order valence-corrected chi connectivity index (χ0v) is 15.5. The highest BCUT2D eigenvalue weighted by atomic mass is 19.4. The molecule has 8 heteroatoms. The highest BCUT2D eigenvalue weighted by molar-refractivity contribution is 5.74. The number of rotatable bonds is 3. The Morgan fingerprint density at radius 2 is 1.85 bits per heavy atom. The fourth-order valence-corrected chi connectivity index (χ4v) is 3.35. The Morgan fingerprint density at radius 1 is 1.19 bits per heavy atom. The lowest BCUT2D eigenvalue weighted by Crippen LogP contribution is -2.47. The van der Waals surface area contributed by atoms with Crippen molar-refractivity contribution in [3.8, 4) is 0 Å². The molecule has 1 amide bonds. The fraction of sp³-hybridized carbons (Fsp3) is 0.579. The van der Waals surface area contributed by atoms with Gasteiger partial charge >= 0.3 is 18.2 Å². The molecule has 0 spiro atoms. The summed E-state index contributed by atoms with van der Waals surface area (Å²) in [7, 11) is 0. The van der Waals surface area contributed by atoms with E-state index in [4.69, 9.17) is 4.74 Å². The molecule has 3 unspecified atom stereocenters. The first-order chi connectivity index (χ1) is 12.4. The lowest BCUT2D eigenvalue weighted by Gasteiger charge is -2.35. The van der Waals surface area contributed by atoms with Crippen LogP contribution in [0.5, 0.6) is 0 Å². The average molecular weight is 387 g/mol. The van der Waals surface area contributed by atoms with Crippen LogP contribution in [-0.4, -0.2) is 28.8 Å². The number of halogens is 3. The van der Waals surface area contributed by atoms with E-state index in [9.17, 15) is 27.9 Å². The number of alkyl halides is 3. The number of ether oxygens (including phenoxy) is 1. The molecule has 150 valence electrons. The number of alkyl carbamates (subject to hydrolysis) is 1. The Kier molecular flexibility index (Phi) is 6.07. The van der Waals surface area contributed by atoms with Crippen molar-refractivity contribution >= 4 is 12.1 Å². The van der Waals surface area contributed by atoms with Crippen LogP contribution in [0.15, 0.2) is 24.3 Å². The summed E-state index contributed by atoms with van der Waals surface area (Å²) in [4.78, 5) is 23.6. The minimum atomic E-state index is -4.45. The van der Waals surface area contributed by atoms with Crippen LogP contribution in [0.1, 0.15) is 57.1 Å². The second-order valence-corrected chi connectivity index (χ2v) is 7.83. The molecule has 0 heterocycles. The second kappa shape index (κ2) is 7.78. The SMILES string of the molecule is CC(C)(C)OC(=O)NC1CCC(c2cccc(C(F)(F)F)c2)CC1C(=O)O. The number of benzene rings is 1. The zero-order valence-electron chi connectivity index (χ0n) is 15.5. The van der Waals surface area contributed by atoms with Gasteiger partial charge in [0.05, 0.1) is 11.5 Å². The summed E-state index contributed by atoms with van der Waals surface area (Å²) in [5.74, 6) is -2.30. The van der Waals surface area contributed by atoms with Crippen molar-refractivity contribution in [3.05, 3.63) is 35.4 Å². The first-order valence-corrected chi connectivity index (χ1v) is 8.76. The van der Waals surface area contributed by atoms with Crippen molar-refractivity contribution in [2.75, 3.05) is 0 Å². The summed E-state index contributed by atoms with van der Waals surface area (Å²) in [6.45, 7) is 5.10. The maximum Gasteiger partial charge on any atom is 0.416 e. The number of carbonyl (C=O) groups excluding carboxylic acids is 1. The van der Waals surface area contributed by atoms with Crippen LogP contribution >= 0.6 is 0 Å². The number of hydrogen-bond donors (Lipinski definition) is 2. The maximum absolute atomic E-state index is 12.9. The Morgan fingerprint density at radius 3 is 2.41 bits per heavy atom. The molecule has 1 aliphatic carbocycles. The van der Waals surface area contributed by atoms with Gasteiger partial charge in [0.25, 0.3) is 0 Å². The van der Waals surface area contributed by atoms with E-state index in [1.165, 1.54) is 6.07 Å². The smallest absolute Gasteiger partial charge is 0.416 e. The number of hydrogen-bond acceptors (Lipinski definition) is 3. The van der Waals surface area contributed by atoms with Crippen LogP contribution in [0.25, 0.3) is 0 Å². The molecule has 0 bridgehead atoms. The fourth-order valence-electron chi connectivity index (χ4n) is 3.35. The lowest BCUT2D eigenvalue weighted by molar-refractivity contribution is -0.144. The Hall–Kier alpha value is -2.25. The van der Waals surface area contributed by atoms with Gasteiger partial charge in [-0.15, -0.1) is 0 Å². The van der Waals surface area contributed by atoms with Gasteiger partial charge in [0.15, 0.2) is 0 Å². The van der Waals surface area contributed by atoms with Crippen molar-refractivity contribution in [1.29, 1.82) is 0 Å². The predicted octanol–water partition coefficient (Wildman–Crippen LogP) is 4.57. The molecule has 0 aliphatic heterocycles. The zero-order chi connectivity index (χ0) is 20.4. The molecule has 0 radical (unpaired) electrons. The summed E-state index contributed by atoms with van der Waals surface area (Å²) >= 11 is 0. The van der Waals surface area contributed by atoms with Crippen molar-refractivity contribution in [2.45, 2.75) is 63.8 Å². The van der Waals surface area contributed by atoms with E-state index < -0.39 is 41.4 Å². The molecule has 27 heavy (non-hydrogen) atoms. The summed E-state index contributed by atoms with van der Waals surface area (Å²) in [6.07, 6.45) is -4.17. The quantitative estimate of drug-likeness (QED) is 0.797. The van der Waals surface area contributed by atoms with Gasteiger partial charge in [0.1, 0.15) is 5.60 Å². The van der Waals surface area contributed by atoms with Crippen molar-refractivity contribution < 1.29 is 32.6 Å². The molecule has 5 nitrogen and oxygen atoms in total. The normalized spacial score (nSPS) is 23.6. The number of aliphatic carboxylic acids is 1. The van der Waals surface area contributed by atoms with E-state index in [2.05, 4.69) is 5.32 Å². The van der Waals surface area contributed by atoms with Gasteiger partial charge < -0.3 is 15.2 Å². The maximum atomic E-state index is 12.9. The molecule has 0 aromatic heterocycles. The van der Waals surface area contributed by atoms with E-state index in [1.54, 1.807) is 26.8 Å². The van der Waals surface area contributed by atoms with Gasteiger partial charge in [-0.25, -0.2) is 4.79 Å². The van der Waals surface area contributed by atoms with Crippen LogP contribution in [0.4, 0.5) is 18.0 Å². The summed E-state index contributed by atoms with van der Waals surface area (Å²) in [6, 6.07) is 4.36. The van der Waals surface area contributed by atoms with Crippen molar-refractivity contribution in [3.63, 3.8) is 0 Å². The summed E-state index contributed by atoms with van der Waals surface area (Å²) in [5.41, 5.74) is -0.995. The van der Waals surface area contributed by atoms with Crippen LogP contribution in [0.3, 0.4) is 0 Å². The largest absolute Gasteiger partial charge is 0.481 e. The molecule has 1 saturated carbocycles. The monoisotopic (exact) mass is 387 g/mol. The Bertz CT molecular complexity index is 697. The number of amides is 1. The number of carboxylic acids is 1. The second-order valence-electron chi connectivity index (χ2n) is 7.83. The third-order valence-electron chi connectivity index (χ3n) is 4.55. The van der Waals surface area contributed by atoms with E-state index in [0.717, 1.165) is 12.1 Å². The number of carbonyl (C=O) groups is 2. The third-order valence-corrected chi connectivity index (χ3v) is 4.55. The third kappa shape index (κ3) is 5.87. The van der Waals surface area contributed by atoms with E-state index in [0.29, 0.717) is 18.4 Å². The van der Waals surface area contributed by atoms with Gasteiger partial charge in [0, 0.05) is 6.04 Å². The topological polar surface area (TPSA) is 75.6 Å². The molecular weight excluding hydrogens is 363 g/mol. The number of carboxylic acid groups (broad SMARTS) is 1. The van der Waals surface area contributed by atoms with Crippen LogP contribution < -0.4 is 5.32 Å². The first kappa shape index (κ1) is 21.1. The minimum absolute atomic E-state index is 0.150. The highest BCUT2D eigenvalue weighted by Gasteiger charge is 2.38. The molecule has 1 aromatic carbocycles. The van der Waals surface area contributed by atoms with Gasteiger partial charge in [-0.1, -0.05) is 18.2 Å². The first-order valence-electron chi connectivity index (χ1n) is 8.76. The average Bonchev–Trinajstić information content (AvgIpc) is 2.52. The predicted molar refractivity (Wildman–Crippen MR) is 92.3 cm³/mol. The minimum Gasteiger partial charge on any atom is -0.481 e. The van der Waals surface area contributed by atoms with Crippen molar-refractivity contribution in [2.24, 2.45) is 5.92 Å². The molecule has 3 atom stereocenters. The summed E-state index contributed by atoms with van der Waals surface area (Å²) < 4.78 is 43.9. The standard InChI is InChI=1S/C19H24F3NO4/c1-18(2,3)27-17(26)23-15-8-7-12(10-14(15)16(24)25)11-5-4-6-13(9-11)19(20,21)22/h4-6,9,12,14-15H,7-8,10H2,1-3H3,(H,23,26)(H,24,25). The molecule has 1 fully saturated rings. The lowest BCUT2D eigenvalue weighted by atomic mass is 9.75. The molecule has 0 saturated heterocycles. The Balaban J connectivity index is 2.12. The van der Waals surface area contributed by atoms with Crippen molar-refractivity contribution in [1.82, 2.24) is 5.32 Å². The summed E-state index contributed by atoms with van der Waals surface area (Å²) in [5, 5.41) is 12.1. The van der Waals surface area contributed by atoms with Gasteiger partial charge in [0.2, 0.25) is 0 Å². The van der Waals surface area contributed by atoms with Gasteiger partial charge in [-0.2, -0.15) is 13.2 Å². The van der Waals surface area contributed by atoms with Crippen LogP contribution in [-0.2, 0) is 15.7 Å². The highest BCUT2D eigenvalue weighted by Crippen LogP contribution is 2.39. The molecule has 2 rings (SSSR count). The Labute approximate surface area is 155 Å². The van der Waals surface area contributed by atoms with Crippen LogP contribution in [0, 0.1) is 5.92 Å². The molecule has 1 aromatic rings. The van der Waals surface area contributed by atoms with Gasteiger partial charge in [-0.3, -0.25) is 4.79 Å². The number of nitrogens with one attached hydrogen (secondary N) is 1.